The van der Waals surface area contributed by atoms with Crippen molar-refractivity contribution in [2.75, 3.05) is 33.3 Å². The summed E-state index contributed by atoms with van der Waals surface area (Å²) in [6, 6.07) is 3.58. The van der Waals surface area contributed by atoms with Crippen LogP contribution in [0.4, 0.5) is 5.69 Å². The number of nitrogens with zero attached hydrogens (tertiary/aromatic N) is 2. The van der Waals surface area contributed by atoms with E-state index in [9.17, 15) is 18.5 Å². The van der Waals surface area contributed by atoms with Crippen molar-refractivity contribution in [2.24, 2.45) is 0 Å². The second kappa shape index (κ2) is 7.73. The molecule has 0 saturated carbocycles. The van der Waals surface area contributed by atoms with Crippen LogP contribution in [0, 0.1) is 10.1 Å². The van der Waals surface area contributed by atoms with E-state index < -0.39 is 14.9 Å². The molecule has 1 saturated heterocycles. The molecular formula is C12H18ClN3O5S. The molecule has 0 atom stereocenters. The SMILES string of the molecule is COc1ccc([N+](=O)[O-])cc1S(=O)(=O)N1CCCNCC1.Cl. The number of ether oxygens (including phenoxy) is 1. The summed E-state index contributed by atoms with van der Waals surface area (Å²) in [5.74, 6) is 0.109. The standard InChI is InChI=1S/C12H17N3O5S.ClH/c1-20-11-4-3-10(15(16)17)9-12(11)21(18,19)14-7-2-5-13-6-8-14;/h3-4,9,13H,2,5-8H2,1H3;1H. The van der Waals surface area contributed by atoms with Gasteiger partial charge in [0, 0.05) is 31.8 Å². The third kappa shape index (κ3) is 3.86. The van der Waals surface area contributed by atoms with Gasteiger partial charge in [-0.15, -0.1) is 12.4 Å². The van der Waals surface area contributed by atoms with Crippen LogP contribution in [0.1, 0.15) is 6.42 Å². The summed E-state index contributed by atoms with van der Waals surface area (Å²) in [7, 11) is -2.48. The van der Waals surface area contributed by atoms with Crippen molar-refractivity contribution >= 4 is 28.1 Å². The molecule has 8 nitrogen and oxygen atoms in total. The van der Waals surface area contributed by atoms with Gasteiger partial charge >= 0.3 is 0 Å². The smallest absolute Gasteiger partial charge is 0.271 e. The number of nitro benzene ring substituents is 1. The first-order valence-corrected chi connectivity index (χ1v) is 7.94. The van der Waals surface area contributed by atoms with Crippen molar-refractivity contribution in [2.45, 2.75) is 11.3 Å². The first kappa shape index (κ1) is 18.6. The molecule has 1 heterocycles. The van der Waals surface area contributed by atoms with Gasteiger partial charge in [0.25, 0.3) is 5.69 Å². The monoisotopic (exact) mass is 351 g/mol. The van der Waals surface area contributed by atoms with Crippen LogP contribution in [0.5, 0.6) is 5.75 Å². The average molecular weight is 352 g/mol. The zero-order chi connectivity index (χ0) is 15.5. The van der Waals surface area contributed by atoms with Crippen LogP contribution in [0.3, 0.4) is 0 Å². The minimum absolute atomic E-state index is 0. The zero-order valence-electron chi connectivity index (χ0n) is 12.0. The Bertz CT molecular complexity index is 630. The lowest BCUT2D eigenvalue weighted by atomic mass is 10.3. The van der Waals surface area contributed by atoms with Gasteiger partial charge in [-0.05, 0) is 19.0 Å². The molecule has 1 aromatic carbocycles. The molecule has 10 heteroatoms. The van der Waals surface area contributed by atoms with Crippen molar-refractivity contribution in [3.8, 4) is 5.75 Å². The van der Waals surface area contributed by atoms with Crippen LogP contribution in [0.2, 0.25) is 0 Å². The summed E-state index contributed by atoms with van der Waals surface area (Å²) in [5.41, 5.74) is -0.276. The minimum Gasteiger partial charge on any atom is -0.495 e. The van der Waals surface area contributed by atoms with Gasteiger partial charge in [-0.2, -0.15) is 4.31 Å². The number of hydrogen-bond acceptors (Lipinski definition) is 6. The fourth-order valence-electron chi connectivity index (χ4n) is 2.18. The molecule has 124 valence electrons. The maximum absolute atomic E-state index is 12.7. The molecule has 0 aromatic heterocycles. The number of methoxy groups -OCH3 is 1. The maximum atomic E-state index is 12.7. The van der Waals surface area contributed by atoms with Crippen LogP contribution in [0.15, 0.2) is 23.1 Å². The number of non-ortho nitro benzene ring substituents is 1. The second-order valence-electron chi connectivity index (χ2n) is 4.60. The summed E-state index contributed by atoms with van der Waals surface area (Å²) in [5, 5.41) is 14.0. The molecule has 0 aliphatic carbocycles. The molecular weight excluding hydrogens is 334 g/mol. The lowest BCUT2D eigenvalue weighted by Gasteiger charge is -2.20. The number of halogens is 1. The van der Waals surface area contributed by atoms with Crippen molar-refractivity contribution in [1.29, 1.82) is 0 Å². The molecule has 0 spiro atoms. The van der Waals surface area contributed by atoms with Gasteiger partial charge < -0.3 is 10.1 Å². The maximum Gasteiger partial charge on any atom is 0.271 e. The van der Waals surface area contributed by atoms with Gasteiger partial charge in [0.15, 0.2) is 0 Å². The molecule has 0 radical (unpaired) electrons. The van der Waals surface area contributed by atoms with E-state index in [1.807, 2.05) is 0 Å². The third-order valence-corrected chi connectivity index (χ3v) is 5.19. The zero-order valence-corrected chi connectivity index (χ0v) is 13.7. The van der Waals surface area contributed by atoms with E-state index in [1.54, 1.807) is 0 Å². The summed E-state index contributed by atoms with van der Waals surface area (Å²) in [4.78, 5) is 10.1. The van der Waals surface area contributed by atoms with E-state index in [1.165, 1.54) is 23.5 Å². The quantitative estimate of drug-likeness (QED) is 0.641. The van der Waals surface area contributed by atoms with Crippen LogP contribution >= 0.6 is 12.4 Å². The first-order chi connectivity index (χ1) is 9.96. The van der Waals surface area contributed by atoms with Crippen LogP contribution in [-0.4, -0.2) is 50.9 Å². The molecule has 2 rings (SSSR count). The number of rotatable bonds is 4. The highest BCUT2D eigenvalue weighted by atomic mass is 35.5. The van der Waals surface area contributed by atoms with Crippen LogP contribution < -0.4 is 10.1 Å². The predicted octanol–water partition coefficient (Wildman–Crippen LogP) is 1.01. The Hall–Kier alpha value is -1.42. The lowest BCUT2D eigenvalue weighted by molar-refractivity contribution is -0.385. The van der Waals surface area contributed by atoms with Crippen LogP contribution in [0.25, 0.3) is 0 Å². The summed E-state index contributed by atoms with van der Waals surface area (Å²) < 4.78 is 31.8. The molecule has 1 aliphatic heterocycles. The Morgan fingerprint density at radius 2 is 2.05 bits per heavy atom. The normalized spacial score (nSPS) is 16.4. The molecule has 1 aromatic rings. The van der Waals surface area contributed by atoms with Crippen molar-refractivity contribution in [3.05, 3.63) is 28.3 Å². The molecule has 22 heavy (non-hydrogen) atoms. The average Bonchev–Trinajstić information content (AvgIpc) is 2.76. The Balaban J connectivity index is 0.00000242. The fourth-order valence-corrected chi connectivity index (χ4v) is 3.84. The molecule has 1 fully saturated rings. The molecule has 1 N–H and O–H groups in total. The molecule has 0 amide bonds. The highest BCUT2D eigenvalue weighted by Gasteiger charge is 2.29. The highest BCUT2D eigenvalue weighted by molar-refractivity contribution is 7.89. The van der Waals surface area contributed by atoms with E-state index in [0.29, 0.717) is 26.1 Å². The topological polar surface area (TPSA) is 102 Å². The van der Waals surface area contributed by atoms with Gasteiger partial charge in [0.1, 0.15) is 10.6 Å². The van der Waals surface area contributed by atoms with Crippen molar-refractivity contribution in [3.63, 3.8) is 0 Å². The fraction of sp³-hybridized carbons (Fsp3) is 0.500. The second-order valence-corrected chi connectivity index (χ2v) is 6.51. The van der Waals surface area contributed by atoms with Crippen molar-refractivity contribution < 1.29 is 18.1 Å². The summed E-state index contributed by atoms with van der Waals surface area (Å²) in [6.07, 6.45) is 0.691. The predicted molar refractivity (Wildman–Crippen MR) is 83.1 cm³/mol. The van der Waals surface area contributed by atoms with E-state index in [-0.39, 0.29) is 28.7 Å². The third-order valence-electron chi connectivity index (χ3n) is 3.27. The van der Waals surface area contributed by atoms with Gasteiger partial charge in [-0.1, -0.05) is 0 Å². The van der Waals surface area contributed by atoms with Gasteiger partial charge in [-0.25, -0.2) is 8.42 Å². The van der Waals surface area contributed by atoms with E-state index >= 15 is 0 Å². The summed E-state index contributed by atoms with van der Waals surface area (Å²) in [6.45, 7) is 2.00. The number of nitro groups is 1. The van der Waals surface area contributed by atoms with E-state index in [0.717, 1.165) is 12.6 Å². The van der Waals surface area contributed by atoms with Gasteiger partial charge in [-0.3, -0.25) is 10.1 Å². The summed E-state index contributed by atoms with van der Waals surface area (Å²) >= 11 is 0. The van der Waals surface area contributed by atoms with Gasteiger partial charge in [0.2, 0.25) is 10.0 Å². The Morgan fingerprint density at radius 3 is 2.68 bits per heavy atom. The van der Waals surface area contributed by atoms with Crippen molar-refractivity contribution in [1.82, 2.24) is 9.62 Å². The molecule has 1 aliphatic rings. The molecule has 0 bridgehead atoms. The highest BCUT2D eigenvalue weighted by Crippen LogP contribution is 2.30. The molecule has 0 unspecified atom stereocenters. The number of nitrogens with one attached hydrogen (secondary N) is 1. The Labute approximate surface area is 135 Å². The number of hydrogen-bond donors (Lipinski definition) is 1. The number of sulfonamides is 1. The minimum atomic E-state index is -3.82. The Kier molecular flexibility index (Phi) is 6.54. The van der Waals surface area contributed by atoms with Crippen LogP contribution in [-0.2, 0) is 10.0 Å². The first-order valence-electron chi connectivity index (χ1n) is 6.50. The van der Waals surface area contributed by atoms with E-state index in [2.05, 4.69) is 5.32 Å². The number of benzene rings is 1. The largest absolute Gasteiger partial charge is 0.495 e. The van der Waals surface area contributed by atoms with E-state index in [4.69, 9.17) is 4.74 Å². The lowest BCUT2D eigenvalue weighted by Crippen LogP contribution is -2.34. The Morgan fingerprint density at radius 1 is 1.32 bits per heavy atom. The van der Waals surface area contributed by atoms with Gasteiger partial charge in [0.05, 0.1) is 12.0 Å².